The van der Waals surface area contributed by atoms with Crippen LogP contribution in [-0.2, 0) is 4.74 Å². The molecule has 3 heterocycles. The van der Waals surface area contributed by atoms with Crippen molar-refractivity contribution in [2.24, 2.45) is 0 Å². The Hall–Kier alpha value is -2.00. The Morgan fingerprint density at radius 3 is 3.04 bits per heavy atom. The lowest BCUT2D eigenvalue weighted by molar-refractivity contribution is -0.0274. The van der Waals surface area contributed by atoms with Crippen molar-refractivity contribution in [1.82, 2.24) is 20.1 Å². The predicted octanol–water partition coefficient (Wildman–Crippen LogP) is 2.32. The number of hydrogen-bond donors (Lipinski definition) is 1. The zero-order valence-corrected chi connectivity index (χ0v) is 13.5. The van der Waals surface area contributed by atoms with E-state index in [4.69, 9.17) is 9.15 Å². The number of amides is 2. The molecule has 23 heavy (non-hydrogen) atoms. The number of morpholine rings is 1. The Morgan fingerprint density at radius 2 is 2.30 bits per heavy atom. The van der Waals surface area contributed by atoms with Gasteiger partial charge in [0.1, 0.15) is 0 Å². The van der Waals surface area contributed by atoms with E-state index in [0.29, 0.717) is 42.5 Å². The van der Waals surface area contributed by atoms with Crippen LogP contribution in [0.15, 0.2) is 9.80 Å². The molecule has 9 heteroatoms. The minimum atomic E-state index is -0.381. The molecule has 1 N–H and O–H groups in total. The van der Waals surface area contributed by atoms with Gasteiger partial charge in [0.2, 0.25) is 11.8 Å². The second-order valence-electron chi connectivity index (χ2n) is 5.75. The predicted molar refractivity (Wildman–Crippen MR) is 82.4 cm³/mol. The van der Waals surface area contributed by atoms with Crippen molar-refractivity contribution in [3.05, 3.63) is 22.9 Å². The first-order valence-corrected chi connectivity index (χ1v) is 8.50. The maximum absolute atomic E-state index is 12.4. The number of rotatable bonds is 3. The van der Waals surface area contributed by atoms with Gasteiger partial charge in [-0.25, -0.2) is 9.78 Å². The summed E-state index contributed by atoms with van der Waals surface area (Å²) in [6.07, 6.45) is 2.02. The number of ether oxygens (including phenoxy) is 1. The lowest BCUT2D eigenvalue weighted by atomic mass is 10.3. The molecule has 0 spiro atoms. The van der Waals surface area contributed by atoms with Crippen molar-refractivity contribution in [1.29, 1.82) is 0 Å². The number of nitrogens with one attached hydrogen (secondary N) is 1. The number of hydrogen-bond acceptors (Lipinski definition) is 7. The lowest BCUT2D eigenvalue weighted by Gasteiger charge is -2.30. The molecule has 4 rings (SSSR count). The highest BCUT2D eigenvalue weighted by molar-refractivity contribution is 7.13. The molecule has 2 aliphatic rings. The first-order chi connectivity index (χ1) is 11.2. The minimum Gasteiger partial charge on any atom is -0.423 e. The maximum Gasteiger partial charge on any atom is 0.323 e. The van der Waals surface area contributed by atoms with E-state index in [1.807, 2.05) is 5.38 Å². The molecule has 2 aromatic rings. The summed E-state index contributed by atoms with van der Waals surface area (Å²) < 4.78 is 11.0. The number of aryl methyl sites for hydroxylation is 1. The standard InChI is InChI=1S/C14H17N5O3S/c1-8-17-18-12(22-8)11-6-19(4-5-21-11)14(20)16-13-15-10(7-23-13)9-2-3-9/h7,9,11H,2-6H2,1H3,(H,15,16,20). The summed E-state index contributed by atoms with van der Waals surface area (Å²) in [5.41, 5.74) is 1.09. The Balaban J connectivity index is 1.39. The third-order valence-electron chi connectivity index (χ3n) is 3.90. The number of carbonyl (C=O) groups is 1. The highest BCUT2D eigenvalue weighted by Gasteiger charge is 2.30. The van der Waals surface area contributed by atoms with Crippen LogP contribution in [-0.4, -0.2) is 45.8 Å². The van der Waals surface area contributed by atoms with Gasteiger partial charge in [-0.2, -0.15) is 0 Å². The smallest absolute Gasteiger partial charge is 0.323 e. The molecule has 0 bridgehead atoms. The molecule has 2 amide bonds. The van der Waals surface area contributed by atoms with E-state index in [2.05, 4.69) is 20.5 Å². The van der Waals surface area contributed by atoms with Crippen LogP contribution < -0.4 is 5.32 Å². The topological polar surface area (TPSA) is 93.4 Å². The van der Waals surface area contributed by atoms with Crippen LogP contribution in [0.2, 0.25) is 0 Å². The van der Waals surface area contributed by atoms with E-state index < -0.39 is 0 Å². The Morgan fingerprint density at radius 1 is 1.43 bits per heavy atom. The lowest BCUT2D eigenvalue weighted by Crippen LogP contribution is -2.44. The number of aromatic nitrogens is 3. The van der Waals surface area contributed by atoms with E-state index in [0.717, 1.165) is 5.69 Å². The van der Waals surface area contributed by atoms with Crippen LogP contribution in [0.25, 0.3) is 0 Å². The SMILES string of the molecule is Cc1nnc(C2CN(C(=O)Nc3nc(C4CC4)cs3)CCO2)o1. The second kappa shape index (κ2) is 5.89. The van der Waals surface area contributed by atoms with Crippen LogP contribution in [0.3, 0.4) is 0 Å². The van der Waals surface area contributed by atoms with Crippen molar-refractivity contribution >= 4 is 22.5 Å². The number of nitrogens with zero attached hydrogens (tertiary/aromatic N) is 4. The average molecular weight is 335 g/mol. The van der Waals surface area contributed by atoms with E-state index in [-0.39, 0.29) is 12.1 Å². The van der Waals surface area contributed by atoms with E-state index in [1.165, 1.54) is 24.2 Å². The molecule has 1 atom stereocenters. The molecular formula is C14H17N5O3S. The fourth-order valence-electron chi connectivity index (χ4n) is 2.51. The molecule has 1 unspecified atom stereocenters. The third kappa shape index (κ3) is 3.20. The number of urea groups is 1. The molecule has 8 nitrogen and oxygen atoms in total. The quantitative estimate of drug-likeness (QED) is 0.925. The normalized spacial score (nSPS) is 21.4. The van der Waals surface area contributed by atoms with Crippen molar-refractivity contribution in [2.45, 2.75) is 31.8 Å². The van der Waals surface area contributed by atoms with E-state index in [9.17, 15) is 4.79 Å². The number of anilines is 1. The Bertz CT molecular complexity index is 711. The molecule has 122 valence electrons. The molecule has 1 aliphatic heterocycles. The molecular weight excluding hydrogens is 318 g/mol. The maximum atomic E-state index is 12.4. The van der Waals surface area contributed by atoms with E-state index in [1.54, 1.807) is 11.8 Å². The highest BCUT2D eigenvalue weighted by atomic mass is 32.1. The fraction of sp³-hybridized carbons (Fsp3) is 0.571. The first-order valence-electron chi connectivity index (χ1n) is 7.62. The largest absolute Gasteiger partial charge is 0.423 e. The third-order valence-corrected chi connectivity index (χ3v) is 4.68. The van der Waals surface area contributed by atoms with Crippen LogP contribution in [0, 0.1) is 6.92 Å². The van der Waals surface area contributed by atoms with Crippen LogP contribution in [0.4, 0.5) is 9.93 Å². The molecule has 0 radical (unpaired) electrons. The van der Waals surface area contributed by atoms with Gasteiger partial charge in [0.15, 0.2) is 11.2 Å². The summed E-state index contributed by atoms with van der Waals surface area (Å²) in [5, 5.41) is 13.3. The molecule has 2 fully saturated rings. The van der Waals surface area contributed by atoms with Gasteiger partial charge >= 0.3 is 6.03 Å². The van der Waals surface area contributed by atoms with Crippen LogP contribution in [0.1, 0.15) is 42.3 Å². The van der Waals surface area contributed by atoms with Gasteiger partial charge in [0.05, 0.1) is 18.8 Å². The van der Waals surface area contributed by atoms with Crippen LogP contribution >= 0.6 is 11.3 Å². The zero-order chi connectivity index (χ0) is 15.8. The van der Waals surface area contributed by atoms with Crippen LogP contribution in [0.5, 0.6) is 0 Å². The Labute approximate surface area is 136 Å². The van der Waals surface area contributed by atoms with Crippen molar-refractivity contribution in [2.75, 3.05) is 25.0 Å². The van der Waals surface area contributed by atoms with Crippen molar-refractivity contribution in [3.8, 4) is 0 Å². The van der Waals surface area contributed by atoms with Gasteiger partial charge < -0.3 is 14.1 Å². The summed E-state index contributed by atoms with van der Waals surface area (Å²) in [6, 6.07) is -0.175. The monoisotopic (exact) mass is 335 g/mol. The average Bonchev–Trinajstić information content (AvgIpc) is 3.16. The van der Waals surface area contributed by atoms with Gasteiger partial charge in [-0.05, 0) is 12.8 Å². The number of carbonyl (C=O) groups excluding carboxylic acids is 1. The zero-order valence-electron chi connectivity index (χ0n) is 12.7. The van der Waals surface area contributed by atoms with E-state index >= 15 is 0 Å². The first kappa shape index (κ1) is 14.6. The minimum absolute atomic E-state index is 0.175. The van der Waals surface area contributed by atoms with Gasteiger partial charge in [-0.15, -0.1) is 21.5 Å². The highest BCUT2D eigenvalue weighted by Crippen LogP contribution is 2.40. The second-order valence-corrected chi connectivity index (χ2v) is 6.60. The summed E-state index contributed by atoms with van der Waals surface area (Å²) >= 11 is 1.47. The summed E-state index contributed by atoms with van der Waals surface area (Å²) in [4.78, 5) is 18.6. The van der Waals surface area contributed by atoms with Crippen molar-refractivity contribution in [3.63, 3.8) is 0 Å². The molecule has 0 aromatic carbocycles. The molecule has 2 aromatic heterocycles. The van der Waals surface area contributed by atoms with Gasteiger partial charge in [-0.3, -0.25) is 5.32 Å². The van der Waals surface area contributed by atoms with Gasteiger partial charge in [0.25, 0.3) is 0 Å². The summed E-state index contributed by atoms with van der Waals surface area (Å²) in [5.74, 6) is 1.48. The summed E-state index contributed by atoms with van der Waals surface area (Å²) in [7, 11) is 0. The molecule has 1 saturated carbocycles. The number of thiazole rings is 1. The molecule has 1 saturated heterocycles. The van der Waals surface area contributed by atoms with Crippen molar-refractivity contribution < 1.29 is 13.9 Å². The van der Waals surface area contributed by atoms with Gasteiger partial charge in [-0.1, -0.05) is 0 Å². The summed E-state index contributed by atoms with van der Waals surface area (Å²) in [6.45, 7) is 3.07. The fourth-order valence-corrected chi connectivity index (χ4v) is 3.29. The Kier molecular flexibility index (Phi) is 3.74. The van der Waals surface area contributed by atoms with Gasteiger partial charge in [0, 0.05) is 24.8 Å². The molecule has 1 aliphatic carbocycles.